The summed E-state index contributed by atoms with van der Waals surface area (Å²) in [5.41, 5.74) is 1.09. The number of fused-ring (bicyclic) bond motifs is 1. The first kappa shape index (κ1) is 17.6. The van der Waals surface area contributed by atoms with Gasteiger partial charge >= 0.3 is 5.97 Å². The normalized spacial score (nSPS) is 16.3. The second-order valence-corrected chi connectivity index (χ2v) is 5.97. The molecule has 1 heterocycles. The van der Waals surface area contributed by atoms with Crippen LogP contribution in [0, 0.1) is 5.82 Å². The average Bonchev–Trinajstić information content (AvgIpc) is 2.73. The van der Waals surface area contributed by atoms with Crippen LogP contribution in [0.15, 0.2) is 48.5 Å². The van der Waals surface area contributed by atoms with Gasteiger partial charge in [0.25, 0.3) is 5.91 Å². The van der Waals surface area contributed by atoms with Crippen LogP contribution in [0.4, 0.5) is 15.8 Å². The van der Waals surface area contributed by atoms with Crippen molar-refractivity contribution in [2.24, 2.45) is 0 Å². The first-order chi connectivity index (χ1) is 12.5. The molecule has 2 aromatic carbocycles. The minimum absolute atomic E-state index is 0.0268. The summed E-state index contributed by atoms with van der Waals surface area (Å²) in [7, 11) is 0. The summed E-state index contributed by atoms with van der Waals surface area (Å²) in [6.07, 6.45) is 0.123. The number of benzene rings is 2. The highest BCUT2D eigenvalue weighted by molar-refractivity contribution is 6.05. The number of nitrogens with one attached hydrogen (secondary N) is 1. The summed E-state index contributed by atoms with van der Waals surface area (Å²) in [5.74, 6) is -2.02. The van der Waals surface area contributed by atoms with E-state index in [2.05, 4.69) is 5.32 Å². The second kappa shape index (κ2) is 7.35. The van der Waals surface area contributed by atoms with Gasteiger partial charge in [0.15, 0.2) is 6.61 Å². The average molecular weight is 356 g/mol. The van der Waals surface area contributed by atoms with Crippen LogP contribution in [0.25, 0.3) is 0 Å². The lowest BCUT2D eigenvalue weighted by atomic mass is 10.1. The van der Waals surface area contributed by atoms with Crippen molar-refractivity contribution in [3.63, 3.8) is 0 Å². The molecule has 1 aliphatic heterocycles. The summed E-state index contributed by atoms with van der Waals surface area (Å²) in [4.78, 5) is 38.0. The van der Waals surface area contributed by atoms with E-state index in [1.165, 1.54) is 23.1 Å². The standard InChI is InChI=1S/C19H17FN2O4/c1-12-9-17(23)21-15-7-2-3-8-16(15)22(12)18(24)11-26-19(25)13-5-4-6-14(20)10-13/h2-8,10,12H,9,11H2,1H3,(H,21,23)/t12-/m0/s1. The summed E-state index contributed by atoms with van der Waals surface area (Å²) >= 11 is 0. The first-order valence-corrected chi connectivity index (χ1v) is 8.09. The maximum atomic E-state index is 13.2. The second-order valence-electron chi connectivity index (χ2n) is 5.97. The summed E-state index contributed by atoms with van der Waals surface area (Å²) in [6, 6.07) is 11.6. The highest BCUT2D eigenvalue weighted by Crippen LogP contribution is 2.31. The lowest BCUT2D eigenvalue weighted by Crippen LogP contribution is -2.41. The SMILES string of the molecule is C[C@H]1CC(=O)Nc2ccccc2N1C(=O)COC(=O)c1cccc(F)c1. The molecule has 0 saturated heterocycles. The van der Waals surface area contributed by atoms with Gasteiger partial charge in [-0.1, -0.05) is 18.2 Å². The van der Waals surface area contributed by atoms with E-state index >= 15 is 0 Å². The number of rotatable bonds is 3. The zero-order chi connectivity index (χ0) is 18.7. The molecular weight excluding hydrogens is 339 g/mol. The first-order valence-electron chi connectivity index (χ1n) is 8.09. The Morgan fingerprint density at radius 2 is 2.00 bits per heavy atom. The van der Waals surface area contributed by atoms with E-state index in [1.807, 2.05) is 0 Å². The van der Waals surface area contributed by atoms with Gasteiger partial charge < -0.3 is 15.0 Å². The number of halogens is 1. The fourth-order valence-corrected chi connectivity index (χ4v) is 2.86. The highest BCUT2D eigenvalue weighted by Gasteiger charge is 2.30. The van der Waals surface area contributed by atoms with Gasteiger partial charge in [0.1, 0.15) is 5.82 Å². The van der Waals surface area contributed by atoms with Gasteiger partial charge in [-0.25, -0.2) is 9.18 Å². The molecule has 6 nitrogen and oxygen atoms in total. The van der Waals surface area contributed by atoms with Crippen molar-refractivity contribution in [1.29, 1.82) is 0 Å². The third-order valence-electron chi connectivity index (χ3n) is 4.02. The van der Waals surface area contributed by atoms with Crippen LogP contribution < -0.4 is 10.2 Å². The van der Waals surface area contributed by atoms with E-state index in [0.29, 0.717) is 11.4 Å². The van der Waals surface area contributed by atoms with Gasteiger partial charge in [-0.05, 0) is 37.3 Å². The van der Waals surface area contributed by atoms with Gasteiger partial charge in [0, 0.05) is 12.5 Å². The minimum Gasteiger partial charge on any atom is -0.452 e. The van der Waals surface area contributed by atoms with Gasteiger partial charge in [-0.3, -0.25) is 9.59 Å². The molecule has 1 atom stereocenters. The zero-order valence-corrected chi connectivity index (χ0v) is 14.1. The van der Waals surface area contributed by atoms with Crippen LogP contribution in [0.3, 0.4) is 0 Å². The van der Waals surface area contributed by atoms with E-state index in [-0.39, 0.29) is 17.9 Å². The Morgan fingerprint density at radius 1 is 1.23 bits per heavy atom. The topological polar surface area (TPSA) is 75.7 Å². The molecule has 7 heteroatoms. The number of hydrogen-bond donors (Lipinski definition) is 1. The van der Waals surface area contributed by atoms with Gasteiger partial charge in [0.05, 0.1) is 16.9 Å². The van der Waals surface area contributed by atoms with E-state index in [1.54, 1.807) is 31.2 Å². The molecule has 26 heavy (non-hydrogen) atoms. The molecule has 2 amide bonds. The maximum absolute atomic E-state index is 13.2. The molecule has 0 aliphatic carbocycles. The molecule has 0 spiro atoms. The third-order valence-corrected chi connectivity index (χ3v) is 4.02. The number of hydrogen-bond acceptors (Lipinski definition) is 4. The van der Waals surface area contributed by atoms with Crippen molar-refractivity contribution in [2.75, 3.05) is 16.8 Å². The van der Waals surface area contributed by atoms with E-state index < -0.39 is 30.3 Å². The fourth-order valence-electron chi connectivity index (χ4n) is 2.86. The molecule has 0 bridgehead atoms. The van der Waals surface area contributed by atoms with Crippen LogP contribution in [0.1, 0.15) is 23.7 Å². The number of anilines is 2. The van der Waals surface area contributed by atoms with Crippen molar-refractivity contribution in [3.8, 4) is 0 Å². The predicted molar refractivity (Wildman–Crippen MR) is 93.3 cm³/mol. The number of carbonyl (C=O) groups is 3. The van der Waals surface area contributed by atoms with Crippen LogP contribution in [0.5, 0.6) is 0 Å². The summed E-state index contributed by atoms with van der Waals surface area (Å²) in [6.45, 7) is 1.23. The lowest BCUT2D eigenvalue weighted by Gasteiger charge is -2.27. The summed E-state index contributed by atoms with van der Waals surface area (Å²) < 4.78 is 18.2. The Kier molecular flexibility index (Phi) is 4.97. The van der Waals surface area contributed by atoms with E-state index in [0.717, 1.165) is 6.07 Å². The van der Waals surface area contributed by atoms with Crippen molar-refractivity contribution >= 4 is 29.2 Å². The number of carbonyl (C=O) groups excluding carboxylic acids is 3. The quantitative estimate of drug-likeness (QED) is 0.858. The van der Waals surface area contributed by atoms with Crippen LogP contribution in [-0.4, -0.2) is 30.4 Å². The van der Waals surface area contributed by atoms with Crippen molar-refractivity contribution in [2.45, 2.75) is 19.4 Å². The van der Waals surface area contributed by atoms with E-state index in [4.69, 9.17) is 4.74 Å². The van der Waals surface area contributed by atoms with Crippen molar-refractivity contribution in [3.05, 3.63) is 59.9 Å². The molecule has 3 rings (SSSR count). The zero-order valence-electron chi connectivity index (χ0n) is 14.1. The lowest BCUT2D eigenvalue weighted by molar-refractivity contribution is -0.122. The van der Waals surface area contributed by atoms with Crippen LogP contribution in [0.2, 0.25) is 0 Å². The molecule has 1 N–H and O–H groups in total. The Morgan fingerprint density at radius 3 is 2.77 bits per heavy atom. The molecule has 2 aromatic rings. The Balaban J connectivity index is 1.76. The number of amides is 2. The minimum atomic E-state index is -0.789. The maximum Gasteiger partial charge on any atom is 0.338 e. The monoisotopic (exact) mass is 356 g/mol. The molecular formula is C19H17FN2O4. The molecule has 0 radical (unpaired) electrons. The highest BCUT2D eigenvalue weighted by atomic mass is 19.1. The number of para-hydroxylation sites is 2. The largest absolute Gasteiger partial charge is 0.452 e. The predicted octanol–water partition coefficient (Wildman–Crippen LogP) is 2.75. The Labute approximate surface area is 149 Å². The smallest absolute Gasteiger partial charge is 0.338 e. The van der Waals surface area contributed by atoms with Gasteiger partial charge in [0.2, 0.25) is 5.91 Å². The van der Waals surface area contributed by atoms with Crippen LogP contribution >= 0.6 is 0 Å². The van der Waals surface area contributed by atoms with Gasteiger partial charge in [-0.2, -0.15) is 0 Å². The molecule has 1 aliphatic rings. The molecule has 134 valence electrons. The molecule has 0 saturated carbocycles. The Hall–Kier alpha value is -3.22. The fraction of sp³-hybridized carbons (Fsp3) is 0.211. The van der Waals surface area contributed by atoms with E-state index in [9.17, 15) is 18.8 Å². The van der Waals surface area contributed by atoms with Crippen molar-refractivity contribution in [1.82, 2.24) is 0 Å². The molecule has 0 aromatic heterocycles. The summed E-state index contributed by atoms with van der Waals surface area (Å²) in [5, 5.41) is 2.75. The molecule has 0 unspecified atom stereocenters. The van der Waals surface area contributed by atoms with Gasteiger partial charge in [-0.15, -0.1) is 0 Å². The Bertz CT molecular complexity index is 868. The third kappa shape index (κ3) is 3.72. The molecule has 0 fully saturated rings. The number of ether oxygens (including phenoxy) is 1. The van der Waals surface area contributed by atoms with Crippen molar-refractivity contribution < 1.29 is 23.5 Å². The number of esters is 1. The number of nitrogens with zero attached hydrogens (tertiary/aromatic N) is 1. The van der Waals surface area contributed by atoms with Crippen LogP contribution in [-0.2, 0) is 14.3 Å².